The summed E-state index contributed by atoms with van der Waals surface area (Å²) in [6.45, 7) is 8.82. The van der Waals surface area contributed by atoms with Gasteiger partial charge in [0, 0.05) is 5.92 Å². The van der Waals surface area contributed by atoms with E-state index in [4.69, 9.17) is 0 Å². The molecule has 0 saturated heterocycles. The smallest absolute Gasteiger partial charge is 0.0627 e. The molecular formula is C26H44O3. The largest absolute Gasteiger partial charge is 0.393 e. The van der Waals surface area contributed by atoms with Crippen molar-refractivity contribution in [3.05, 3.63) is 23.3 Å². The summed E-state index contributed by atoms with van der Waals surface area (Å²) in [5.74, 6) is 2.18. The standard InChI is InChI=1S/C26H44O3/c1-17(7-5-8-18(2)27)22-12-13-23-21(9-6-14-26(22,23)4)11-10-20-15-24(28)19(3)25(29)16-20/h10-11,17-19,22-25,27-29H,5-9,12-16H2,1-4H3/t17-,18+,19?,22-,23+,24-,25-,26-/m1/s1. The zero-order valence-electron chi connectivity index (χ0n) is 19.1. The molecule has 3 saturated carbocycles. The summed E-state index contributed by atoms with van der Waals surface area (Å²) in [4.78, 5) is 0. The van der Waals surface area contributed by atoms with Crippen LogP contribution in [0.25, 0.3) is 0 Å². The van der Waals surface area contributed by atoms with Gasteiger partial charge in [0.25, 0.3) is 0 Å². The lowest BCUT2D eigenvalue weighted by atomic mass is 9.60. The predicted molar refractivity (Wildman–Crippen MR) is 119 cm³/mol. The molecule has 0 radical (unpaired) electrons. The lowest BCUT2D eigenvalue weighted by molar-refractivity contribution is 0.00406. The van der Waals surface area contributed by atoms with Crippen LogP contribution in [-0.2, 0) is 0 Å². The molecule has 3 nitrogen and oxygen atoms in total. The highest BCUT2D eigenvalue weighted by Crippen LogP contribution is 2.59. The van der Waals surface area contributed by atoms with E-state index in [1.807, 2.05) is 13.8 Å². The van der Waals surface area contributed by atoms with E-state index < -0.39 is 12.2 Å². The lowest BCUT2D eigenvalue weighted by Gasteiger charge is -2.44. The van der Waals surface area contributed by atoms with E-state index in [0.717, 1.165) is 24.7 Å². The van der Waals surface area contributed by atoms with Crippen molar-refractivity contribution in [2.24, 2.45) is 29.1 Å². The molecule has 3 heteroatoms. The first-order valence-corrected chi connectivity index (χ1v) is 12.1. The van der Waals surface area contributed by atoms with Crippen molar-refractivity contribution in [1.82, 2.24) is 0 Å². The Hall–Kier alpha value is -0.640. The van der Waals surface area contributed by atoms with Gasteiger partial charge < -0.3 is 15.3 Å². The number of hydrogen-bond acceptors (Lipinski definition) is 3. The Morgan fingerprint density at radius 1 is 1.07 bits per heavy atom. The van der Waals surface area contributed by atoms with E-state index >= 15 is 0 Å². The molecule has 3 rings (SSSR count). The SMILES string of the molecule is CC1[C@H](O)CC(=CC=C2CCC[C@]3(C)[C@@H]([C@H](C)CCC[C@H](C)O)CC[C@@H]23)C[C@H]1O. The fourth-order valence-corrected chi connectivity index (χ4v) is 6.76. The van der Waals surface area contributed by atoms with Crippen molar-refractivity contribution < 1.29 is 15.3 Å². The highest BCUT2D eigenvalue weighted by atomic mass is 16.3. The number of aliphatic hydroxyl groups excluding tert-OH is 3. The number of fused-ring (bicyclic) bond motifs is 1. The Balaban J connectivity index is 1.68. The van der Waals surface area contributed by atoms with Gasteiger partial charge in [-0.2, -0.15) is 0 Å². The second-order valence-corrected chi connectivity index (χ2v) is 10.8. The highest BCUT2D eigenvalue weighted by molar-refractivity contribution is 5.26. The maximum absolute atomic E-state index is 10.2. The van der Waals surface area contributed by atoms with Crippen LogP contribution in [0.15, 0.2) is 23.3 Å². The van der Waals surface area contributed by atoms with Crippen molar-refractivity contribution in [1.29, 1.82) is 0 Å². The highest BCUT2D eigenvalue weighted by Gasteiger charge is 2.50. The average Bonchev–Trinajstić information content (AvgIpc) is 3.01. The van der Waals surface area contributed by atoms with Crippen LogP contribution in [0, 0.1) is 29.1 Å². The van der Waals surface area contributed by atoms with Crippen LogP contribution < -0.4 is 0 Å². The molecule has 7 atom stereocenters. The summed E-state index contributed by atoms with van der Waals surface area (Å²) in [7, 11) is 0. The molecule has 0 bridgehead atoms. The van der Waals surface area contributed by atoms with E-state index in [2.05, 4.69) is 26.0 Å². The zero-order valence-corrected chi connectivity index (χ0v) is 19.1. The molecule has 0 unspecified atom stereocenters. The maximum Gasteiger partial charge on any atom is 0.0627 e. The monoisotopic (exact) mass is 404 g/mol. The van der Waals surface area contributed by atoms with Gasteiger partial charge in [-0.25, -0.2) is 0 Å². The van der Waals surface area contributed by atoms with Gasteiger partial charge in [0.2, 0.25) is 0 Å². The van der Waals surface area contributed by atoms with E-state index in [1.54, 1.807) is 5.57 Å². The van der Waals surface area contributed by atoms with E-state index in [1.165, 1.54) is 44.1 Å². The van der Waals surface area contributed by atoms with Crippen LogP contribution in [0.1, 0.15) is 91.9 Å². The number of aliphatic hydroxyl groups is 3. The van der Waals surface area contributed by atoms with Crippen molar-refractivity contribution in [2.75, 3.05) is 0 Å². The molecule has 0 spiro atoms. The zero-order chi connectivity index (χ0) is 21.2. The fourth-order valence-electron chi connectivity index (χ4n) is 6.76. The van der Waals surface area contributed by atoms with Crippen molar-refractivity contribution >= 4 is 0 Å². The minimum absolute atomic E-state index is 0.0244. The third kappa shape index (κ3) is 5.17. The minimum Gasteiger partial charge on any atom is -0.393 e. The lowest BCUT2D eigenvalue weighted by Crippen LogP contribution is -2.36. The summed E-state index contributed by atoms with van der Waals surface area (Å²) in [6, 6.07) is 0. The first kappa shape index (κ1) is 23.0. The van der Waals surface area contributed by atoms with Crippen LogP contribution in [0.3, 0.4) is 0 Å². The Bertz CT molecular complexity index is 593. The molecule has 0 amide bonds. The first-order chi connectivity index (χ1) is 13.7. The molecule has 29 heavy (non-hydrogen) atoms. The Morgan fingerprint density at radius 2 is 1.76 bits per heavy atom. The molecule has 3 aliphatic rings. The quantitative estimate of drug-likeness (QED) is 0.556. The van der Waals surface area contributed by atoms with Crippen LogP contribution >= 0.6 is 0 Å². The molecule has 3 fully saturated rings. The summed E-state index contributed by atoms with van der Waals surface area (Å²) in [5, 5.41) is 30.0. The molecule has 0 aliphatic heterocycles. The minimum atomic E-state index is -0.418. The van der Waals surface area contributed by atoms with Gasteiger partial charge in [0.15, 0.2) is 0 Å². The van der Waals surface area contributed by atoms with Crippen molar-refractivity contribution in [2.45, 2.75) is 110 Å². The second-order valence-electron chi connectivity index (χ2n) is 10.8. The number of hydrogen-bond donors (Lipinski definition) is 3. The Morgan fingerprint density at radius 3 is 2.41 bits per heavy atom. The van der Waals surface area contributed by atoms with Gasteiger partial charge in [-0.3, -0.25) is 0 Å². The molecule has 3 N–H and O–H groups in total. The number of rotatable bonds is 6. The van der Waals surface area contributed by atoms with Gasteiger partial charge in [-0.15, -0.1) is 0 Å². The molecule has 166 valence electrons. The van der Waals surface area contributed by atoms with Crippen LogP contribution in [0.4, 0.5) is 0 Å². The van der Waals surface area contributed by atoms with Gasteiger partial charge in [0.05, 0.1) is 18.3 Å². The van der Waals surface area contributed by atoms with Crippen molar-refractivity contribution in [3.8, 4) is 0 Å². The van der Waals surface area contributed by atoms with Gasteiger partial charge >= 0.3 is 0 Å². The van der Waals surface area contributed by atoms with E-state index in [0.29, 0.717) is 24.2 Å². The molecular weight excluding hydrogens is 360 g/mol. The third-order valence-electron chi connectivity index (χ3n) is 8.70. The topological polar surface area (TPSA) is 60.7 Å². The Labute approximate surface area is 178 Å². The molecule has 0 aromatic rings. The average molecular weight is 405 g/mol. The summed E-state index contributed by atoms with van der Waals surface area (Å²) in [6.07, 6.45) is 14.7. The summed E-state index contributed by atoms with van der Waals surface area (Å²) in [5.41, 5.74) is 3.21. The third-order valence-corrected chi connectivity index (χ3v) is 8.70. The van der Waals surface area contributed by atoms with E-state index in [-0.39, 0.29) is 12.0 Å². The van der Waals surface area contributed by atoms with Crippen LogP contribution in [-0.4, -0.2) is 33.6 Å². The first-order valence-electron chi connectivity index (χ1n) is 12.1. The second kappa shape index (κ2) is 9.66. The van der Waals surface area contributed by atoms with Gasteiger partial charge in [-0.05, 0) is 81.5 Å². The summed E-state index contributed by atoms with van der Waals surface area (Å²) < 4.78 is 0. The van der Waals surface area contributed by atoms with Crippen LogP contribution in [0.2, 0.25) is 0 Å². The van der Waals surface area contributed by atoms with Crippen LogP contribution in [0.5, 0.6) is 0 Å². The molecule has 0 heterocycles. The predicted octanol–water partition coefficient (Wildman–Crippen LogP) is 5.39. The van der Waals surface area contributed by atoms with E-state index in [9.17, 15) is 15.3 Å². The Kier molecular flexibility index (Phi) is 7.67. The fraction of sp³-hybridized carbons (Fsp3) is 0.846. The summed E-state index contributed by atoms with van der Waals surface area (Å²) >= 11 is 0. The molecule has 0 aromatic carbocycles. The van der Waals surface area contributed by atoms with Gasteiger partial charge in [-0.1, -0.05) is 56.9 Å². The normalized spacial score (nSPS) is 41.3. The number of allylic oxidation sites excluding steroid dienone is 3. The molecule has 0 aromatic heterocycles. The maximum atomic E-state index is 10.2. The van der Waals surface area contributed by atoms with Gasteiger partial charge in [0.1, 0.15) is 0 Å². The van der Waals surface area contributed by atoms with Crippen molar-refractivity contribution in [3.63, 3.8) is 0 Å². The molecule has 3 aliphatic carbocycles.